The number of aliphatic hydroxyl groups is 1. The first kappa shape index (κ1) is 22.0. The van der Waals surface area contributed by atoms with Crippen LogP contribution >= 0.6 is 0 Å². The molecule has 0 spiro atoms. The number of aryl methyl sites for hydroxylation is 2. The maximum absolute atomic E-state index is 13.1. The Morgan fingerprint density at radius 1 is 1.09 bits per heavy atom. The number of pyridine rings is 1. The van der Waals surface area contributed by atoms with E-state index in [0.717, 1.165) is 22.4 Å². The zero-order valence-corrected chi connectivity index (χ0v) is 18.6. The summed E-state index contributed by atoms with van der Waals surface area (Å²) in [5, 5.41) is 16.3. The molecular formula is C26H29N3O3. The maximum atomic E-state index is 13.1. The fourth-order valence-corrected chi connectivity index (χ4v) is 3.75. The predicted molar refractivity (Wildman–Crippen MR) is 125 cm³/mol. The van der Waals surface area contributed by atoms with Gasteiger partial charge in [0.25, 0.3) is 5.91 Å². The molecule has 0 saturated carbocycles. The van der Waals surface area contributed by atoms with Crippen molar-refractivity contribution in [3.63, 3.8) is 0 Å². The van der Waals surface area contributed by atoms with Crippen LogP contribution in [-0.2, 0) is 0 Å². The number of carbonyl (C=O) groups excluding carboxylic acids is 1. The second-order valence-electron chi connectivity index (χ2n) is 8.42. The van der Waals surface area contributed by atoms with Gasteiger partial charge >= 0.3 is 0 Å². The molecule has 0 aliphatic carbocycles. The van der Waals surface area contributed by atoms with Gasteiger partial charge in [0.2, 0.25) is 0 Å². The van der Waals surface area contributed by atoms with E-state index in [4.69, 9.17) is 4.74 Å². The number of rotatable bonds is 6. The van der Waals surface area contributed by atoms with E-state index < -0.39 is 6.10 Å². The first-order valence-electron chi connectivity index (χ1n) is 10.9. The summed E-state index contributed by atoms with van der Waals surface area (Å²) in [7, 11) is 0. The molecule has 2 unspecified atom stereocenters. The number of benzene rings is 2. The van der Waals surface area contributed by atoms with Crippen molar-refractivity contribution in [1.29, 1.82) is 0 Å². The molecule has 6 nitrogen and oxygen atoms in total. The van der Waals surface area contributed by atoms with Gasteiger partial charge in [-0.25, -0.2) is 0 Å². The van der Waals surface area contributed by atoms with Crippen molar-refractivity contribution in [1.82, 2.24) is 15.6 Å². The molecule has 3 atom stereocenters. The predicted octanol–water partition coefficient (Wildman–Crippen LogP) is 3.57. The summed E-state index contributed by atoms with van der Waals surface area (Å²) in [4.78, 5) is 17.5. The van der Waals surface area contributed by atoms with Gasteiger partial charge in [0.05, 0.1) is 6.04 Å². The quantitative estimate of drug-likeness (QED) is 0.556. The van der Waals surface area contributed by atoms with Gasteiger partial charge in [-0.15, -0.1) is 0 Å². The van der Waals surface area contributed by atoms with E-state index >= 15 is 0 Å². The van der Waals surface area contributed by atoms with Crippen molar-refractivity contribution < 1.29 is 14.6 Å². The minimum atomic E-state index is -0.579. The van der Waals surface area contributed by atoms with E-state index in [-0.39, 0.29) is 18.1 Å². The molecular weight excluding hydrogens is 402 g/mol. The largest absolute Gasteiger partial charge is 0.486 e. The average Bonchev–Trinajstić information content (AvgIpc) is 3.18. The lowest BCUT2D eigenvalue weighted by Gasteiger charge is -2.19. The van der Waals surface area contributed by atoms with Gasteiger partial charge in [0.15, 0.2) is 0 Å². The number of aromatic nitrogens is 1. The number of β-amino-alcohol motifs (C(OH)–C–C–N with tert-alkyl or cyclic N) is 1. The zero-order valence-electron chi connectivity index (χ0n) is 18.6. The first-order valence-corrected chi connectivity index (χ1v) is 10.9. The summed E-state index contributed by atoms with van der Waals surface area (Å²) >= 11 is 0. The van der Waals surface area contributed by atoms with Gasteiger partial charge in [-0.2, -0.15) is 0 Å². The van der Waals surface area contributed by atoms with E-state index in [2.05, 4.69) is 15.6 Å². The van der Waals surface area contributed by atoms with E-state index in [9.17, 15) is 9.90 Å². The van der Waals surface area contributed by atoms with Crippen LogP contribution in [0.2, 0.25) is 0 Å². The molecule has 3 aromatic rings. The number of hydrogen-bond acceptors (Lipinski definition) is 5. The monoisotopic (exact) mass is 431 g/mol. The number of amides is 1. The number of aliphatic hydroxyl groups excluding tert-OH is 1. The van der Waals surface area contributed by atoms with E-state index in [1.54, 1.807) is 12.3 Å². The number of hydrogen-bond donors (Lipinski definition) is 3. The highest BCUT2D eigenvalue weighted by Crippen LogP contribution is 2.28. The number of carbonyl (C=O) groups is 1. The molecule has 0 radical (unpaired) electrons. The smallest absolute Gasteiger partial charge is 0.251 e. The molecule has 166 valence electrons. The Morgan fingerprint density at radius 2 is 1.88 bits per heavy atom. The molecule has 1 amide bonds. The maximum Gasteiger partial charge on any atom is 0.251 e. The van der Waals surface area contributed by atoms with Gasteiger partial charge < -0.3 is 20.5 Å². The van der Waals surface area contributed by atoms with Gasteiger partial charge in [0, 0.05) is 30.5 Å². The van der Waals surface area contributed by atoms with Crippen LogP contribution in [0.3, 0.4) is 0 Å². The zero-order chi connectivity index (χ0) is 22.7. The van der Waals surface area contributed by atoms with Crippen molar-refractivity contribution in [2.24, 2.45) is 0 Å². The molecule has 32 heavy (non-hydrogen) atoms. The molecule has 2 aromatic carbocycles. The molecule has 1 aromatic heterocycles. The van der Waals surface area contributed by atoms with Crippen LogP contribution in [0.4, 0.5) is 0 Å². The molecule has 6 heteroatoms. The van der Waals surface area contributed by atoms with Crippen LogP contribution in [0, 0.1) is 13.8 Å². The standard InChI is InChI=1S/C26H29N3O3/c1-16-4-7-19(8-5-16)21-10-22(12-23(11-21)32-25-15-27-14-24(25)30)26(31)29-18(3)20-9-6-17(2)28-13-20/h4-13,18,24-25,27,30H,14-15H2,1-3H3,(H,29,31)/t18-,24?,25?/m1/s1. The highest BCUT2D eigenvalue weighted by molar-refractivity contribution is 5.96. The lowest BCUT2D eigenvalue weighted by atomic mass is 10.0. The Kier molecular flexibility index (Phi) is 6.53. The third kappa shape index (κ3) is 5.15. The average molecular weight is 432 g/mol. The molecule has 1 fully saturated rings. The fraction of sp³-hybridized carbons (Fsp3) is 0.308. The van der Waals surface area contributed by atoms with Crippen molar-refractivity contribution >= 4 is 5.91 Å². The summed E-state index contributed by atoms with van der Waals surface area (Å²) in [6.45, 7) is 6.97. The lowest BCUT2D eigenvalue weighted by Crippen LogP contribution is -2.30. The summed E-state index contributed by atoms with van der Waals surface area (Å²) < 4.78 is 6.06. The van der Waals surface area contributed by atoms with Crippen molar-refractivity contribution in [3.8, 4) is 16.9 Å². The van der Waals surface area contributed by atoms with Gasteiger partial charge in [0.1, 0.15) is 18.0 Å². The Bertz CT molecular complexity index is 1080. The minimum absolute atomic E-state index is 0.191. The van der Waals surface area contributed by atoms with E-state index in [0.29, 0.717) is 24.4 Å². The van der Waals surface area contributed by atoms with Crippen molar-refractivity contribution in [2.45, 2.75) is 39.0 Å². The van der Waals surface area contributed by atoms with E-state index in [1.165, 1.54) is 5.56 Å². The molecule has 1 aliphatic rings. The number of nitrogens with one attached hydrogen (secondary N) is 2. The number of ether oxygens (including phenoxy) is 1. The molecule has 1 aliphatic heterocycles. The highest BCUT2D eigenvalue weighted by atomic mass is 16.5. The van der Waals surface area contributed by atoms with Crippen LogP contribution in [0.5, 0.6) is 5.75 Å². The van der Waals surface area contributed by atoms with Crippen LogP contribution in [0.1, 0.15) is 40.1 Å². The number of nitrogens with zero attached hydrogens (tertiary/aromatic N) is 1. The first-order chi connectivity index (χ1) is 15.4. The molecule has 2 heterocycles. The summed E-state index contributed by atoms with van der Waals surface area (Å²) in [5.74, 6) is 0.368. The van der Waals surface area contributed by atoms with Crippen LogP contribution < -0.4 is 15.4 Å². The summed E-state index contributed by atoms with van der Waals surface area (Å²) in [5.41, 5.74) is 5.43. The van der Waals surface area contributed by atoms with Crippen LogP contribution in [-0.4, -0.2) is 41.3 Å². The van der Waals surface area contributed by atoms with Crippen molar-refractivity contribution in [3.05, 3.63) is 83.2 Å². The minimum Gasteiger partial charge on any atom is -0.486 e. The molecule has 3 N–H and O–H groups in total. The molecule has 4 rings (SSSR count). The normalized spacial score (nSPS) is 18.9. The Hall–Kier alpha value is -3.22. The Morgan fingerprint density at radius 3 is 2.53 bits per heavy atom. The topological polar surface area (TPSA) is 83.5 Å². The Balaban J connectivity index is 1.62. The van der Waals surface area contributed by atoms with Gasteiger partial charge in [-0.05, 0) is 61.7 Å². The van der Waals surface area contributed by atoms with Gasteiger partial charge in [-0.1, -0.05) is 35.9 Å². The second kappa shape index (κ2) is 9.51. The highest BCUT2D eigenvalue weighted by Gasteiger charge is 2.27. The molecule has 0 bridgehead atoms. The lowest BCUT2D eigenvalue weighted by molar-refractivity contribution is 0.0736. The summed E-state index contributed by atoms with van der Waals surface area (Å²) in [6, 6.07) is 17.4. The molecule has 1 saturated heterocycles. The second-order valence-corrected chi connectivity index (χ2v) is 8.42. The van der Waals surface area contributed by atoms with Gasteiger partial charge in [-0.3, -0.25) is 9.78 Å². The van der Waals surface area contributed by atoms with E-state index in [1.807, 2.05) is 69.3 Å². The third-order valence-electron chi connectivity index (χ3n) is 5.75. The third-order valence-corrected chi connectivity index (χ3v) is 5.75. The van der Waals surface area contributed by atoms with Crippen LogP contribution in [0.25, 0.3) is 11.1 Å². The summed E-state index contributed by atoms with van der Waals surface area (Å²) in [6.07, 6.45) is 0.854. The Labute approximate surface area is 188 Å². The van der Waals surface area contributed by atoms with Crippen LogP contribution in [0.15, 0.2) is 60.8 Å². The van der Waals surface area contributed by atoms with Crippen molar-refractivity contribution in [2.75, 3.05) is 13.1 Å². The SMILES string of the molecule is Cc1ccc(-c2cc(OC3CNCC3O)cc(C(=O)N[C@H](C)c3ccc(C)nc3)c2)cc1. The fourth-order valence-electron chi connectivity index (χ4n) is 3.75.